The normalized spacial score (nSPS) is 28.0. The maximum absolute atomic E-state index is 9.67. The van der Waals surface area contributed by atoms with Gasteiger partial charge in [0.1, 0.15) is 11.6 Å². The van der Waals surface area contributed by atoms with Gasteiger partial charge in [0.2, 0.25) is 0 Å². The van der Waals surface area contributed by atoms with Crippen LogP contribution in [0.4, 0.5) is 0 Å². The lowest BCUT2D eigenvalue weighted by atomic mass is 9.95. The summed E-state index contributed by atoms with van der Waals surface area (Å²) in [6.07, 6.45) is 9.76. The summed E-state index contributed by atoms with van der Waals surface area (Å²) >= 11 is 0. The summed E-state index contributed by atoms with van der Waals surface area (Å²) in [6.45, 7) is 5.20. The zero-order chi connectivity index (χ0) is 17.2. The molecule has 2 saturated heterocycles. The second-order valence-electron chi connectivity index (χ2n) is 8.31. The summed E-state index contributed by atoms with van der Waals surface area (Å²) < 4.78 is 2.24. The van der Waals surface area contributed by atoms with Crippen LogP contribution in [0.25, 0.3) is 0 Å². The van der Waals surface area contributed by atoms with Crippen LogP contribution >= 0.6 is 0 Å². The molecule has 1 N–H and O–H groups in total. The first-order valence-electron chi connectivity index (χ1n) is 10.2. The van der Waals surface area contributed by atoms with E-state index in [2.05, 4.69) is 31.6 Å². The van der Waals surface area contributed by atoms with Crippen molar-refractivity contribution in [2.24, 2.45) is 7.05 Å². The second kappa shape index (κ2) is 7.72. The maximum atomic E-state index is 9.67. The Kier molecular flexibility index (Phi) is 5.39. The maximum Gasteiger partial charge on any atom is 0.146 e. The predicted molar refractivity (Wildman–Crippen MR) is 97.3 cm³/mol. The molecule has 140 valence electrons. The van der Waals surface area contributed by atoms with E-state index in [9.17, 15) is 5.11 Å². The highest BCUT2D eigenvalue weighted by Crippen LogP contribution is 2.31. The topological polar surface area (TPSA) is 57.4 Å². The van der Waals surface area contributed by atoms with Crippen LogP contribution in [0.3, 0.4) is 0 Å². The summed E-state index contributed by atoms with van der Waals surface area (Å²) in [5.74, 6) is 2.78. The van der Waals surface area contributed by atoms with Gasteiger partial charge in [0, 0.05) is 38.6 Å². The van der Waals surface area contributed by atoms with Crippen molar-refractivity contribution in [3.63, 3.8) is 0 Å². The lowest BCUT2D eigenvalue weighted by Crippen LogP contribution is -2.41. The van der Waals surface area contributed by atoms with E-state index in [0.29, 0.717) is 5.92 Å². The Hall–Kier alpha value is -0.980. The molecular weight excluding hydrogens is 314 g/mol. The zero-order valence-electron chi connectivity index (χ0n) is 15.6. The van der Waals surface area contributed by atoms with Crippen LogP contribution in [0.2, 0.25) is 0 Å². The minimum atomic E-state index is -0.116. The number of aromatic nitrogens is 3. The van der Waals surface area contributed by atoms with Crippen molar-refractivity contribution in [1.29, 1.82) is 0 Å². The number of likely N-dealkylation sites (tertiary alicyclic amines) is 2. The molecule has 4 rings (SSSR count). The summed E-state index contributed by atoms with van der Waals surface area (Å²) in [5, 5.41) is 18.8. The van der Waals surface area contributed by atoms with Gasteiger partial charge in [-0.2, -0.15) is 0 Å². The molecule has 3 fully saturated rings. The summed E-state index contributed by atoms with van der Waals surface area (Å²) in [5.41, 5.74) is 0. The molecule has 1 atom stereocenters. The third kappa shape index (κ3) is 3.91. The summed E-state index contributed by atoms with van der Waals surface area (Å²) in [4.78, 5) is 5.12. The smallest absolute Gasteiger partial charge is 0.146 e. The molecule has 1 saturated carbocycles. The number of rotatable bonds is 4. The SMILES string of the molecule is Cn1c(CN2CCC(O)CC2)nnc1[C@H]1CCCN(C2CCCC2)C1. The Morgan fingerprint density at radius 2 is 1.72 bits per heavy atom. The van der Waals surface area contributed by atoms with E-state index in [-0.39, 0.29) is 6.10 Å². The predicted octanol–water partition coefficient (Wildman–Crippen LogP) is 1.89. The largest absolute Gasteiger partial charge is 0.393 e. The highest BCUT2D eigenvalue weighted by Gasteiger charge is 2.31. The first-order chi connectivity index (χ1) is 12.2. The highest BCUT2D eigenvalue weighted by molar-refractivity contribution is 5.05. The van der Waals surface area contributed by atoms with E-state index in [1.165, 1.54) is 50.9 Å². The van der Waals surface area contributed by atoms with Crippen LogP contribution in [-0.2, 0) is 13.6 Å². The fourth-order valence-corrected chi connectivity index (χ4v) is 4.96. The number of aliphatic hydroxyl groups excluding tert-OH is 1. The van der Waals surface area contributed by atoms with Gasteiger partial charge in [0.05, 0.1) is 12.6 Å². The first kappa shape index (κ1) is 17.4. The molecule has 1 aliphatic carbocycles. The minimum absolute atomic E-state index is 0.116. The van der Waals surface area contributed by atoms with Crippen molar-refractivity contribution in [1.82, 2.24) is 24.6 Å². The lowest BCUT2D eigenvalue weighted by molar-refractivity contribution is 0.0775. The molecule has 0 aromatic carbocycles. The van der Waals surface area contributed by atoms with Gasteiger partial charge < -0.3 is 9.67 Å². The van der Waals surface area contributed by atoms with E-state index in [1.54, 1.807) is 0 Å². The standard InChI is InChI=1S/C19H33N5O/c1-22-18(14-23-11-8-17(25)9-12-23)20-21-19(22)15-5-4-10-24(13-15)16-6-2-3-7-16/h15-17,25H,2-14H2,1H3/t15-/m0/s1. The van der Waals surface area contributed by atoms with Gasteiger partial charge >= 0.3 is 0 Å². The summed E-state index contributed by atoms with van der Waals surface area (Å²) in [6, 6.07) is 0.815. The molecule has 0 amide bonds. The number of piperidine rings is 2. The Morgan fingerprint density at radius 3 is 2.48 bits per heavy atom. The van der Waals surface area contributed by atoms with Crippen molar-refractivity contribution in [2.45, 2.75) is 76.0 Å². The number of hydrogen-bond acceptors (Lipinski definition) is 5. The van der Waals surface area contributed by atoms with E-state index < -0.39 is 0 Å². The fraction of sp³-hybridized carbons (Fsp3) is 0.895. The van der Waals surface area contributed by atoms with Crippen molar-refractivity contribution in [3.05, 3.63) is 11.6 Å². The Labute approximate surface area is 151 Å². The molecule has 1 aromatic heterocycles. The van der Waals surface area contributed by atoms with Crippen LogP contribution in [0.15, 0.2) is 0 Å². The van der Waals surface area contributed by atoms with Crippen LogP contribution in [-0.4, -0.2) is 68.0 Å². The lowest BCUT2D eigenvalue weighted by Gasteiger charge is -2.36. The fourth-order valence-electron chi connectivity index (χ4n) is 4.96. The molecular formula is C19H33N5O. The zero-order valence-corrected chi connectivity index (χ0v) is 15.6. The molecule has 0 unspecified atom stereocenters. The number of hydrogen-bond donors (Lipinski definition) is 1. The van der Waals surface area contributed by atoms with Crippen molar-refractivity contribution < 1.29 is 5.11 Å². The van der Waals surface area contributed by atoms with Crippen LogP contribution in [0, 0.1) is 0 Å². The molecule has 3 heterocycles. The molecule has 1 aromatic rings. The third-order valence-electron chi connectivity index (χ3n) is 6.58. The quantitative estimate of drug-likeness (QED) is 0.901. The Bertz CT molecular complexity index is 560. The van der Waals surface area contributed by atoms with Gasteiger partial charge in [0.15, 0.2) is 0 Å². The molecule has 25 heavy (non-hydrogen) atoms. The first-order valence-corrected chi connectivity index (χ1v) is 10.2. The molecule has 6 heteroatoms. The van der Waals surface area contributed by atoms with Crippen LogP contribution in [0.1, 0.15) is 68.9 Å². The Balaban J connectivity index is 1.39. The van der Waals surface area contributed by atoms with Crippen LogP contribution in [0.5, 0.6) is 0 Å². The average Bonchev–Trinajstić information content (AvgIpc) is 3.28. The second-order valence-corrected chi connectivity index (χ2v) is 8.31. The molecule has 2 aliphatic heterocycles. The molecule has 3 aliphatic rings. The van der Waals surface area contributed by atoms with E-state index in [1.807, 2.05) is 0 Å². The van der Waals surface area contributed by atoms with Gasteiger partial charge in [-0.3, -0.25) is 9.80 Å². The van der Waals surface area contributed by atoms with Gasteiger partial charge in [-0.05, 0) is 45.1 Å². The van der Waals surface area contributed by atoms with E-state index >= 15 is 0 Å². The molecule has 0 bridgehead atoms. The number of nitrogens with zero attached hydrogens (tertiary/aromatic N) is 5. The van der Waals surface area contributed by atoms with Crippen molar-refractivity contribution in [3.8, 4) is 0 Å². The number of aliphatic hydroxyl groups is 1. The van der Waals surface area contributed by atoms with Gasteiger partial charge in [-0.15, -0.1) is 10.2 Å². The van der Waals surface area contributed by atoms with Crippen molar-refractivity contribution in [2.75, 3.05) is 26.2 Å². The Morgan fingerprint density at radius 1 is 0.960 bits per heavy atom. The summed E-state index contributed by atoms with van der Waals surface area (Å²) in [7, 11) is 2.14. The highest BCUT2D eigenvalue weighted by atomic mass is 16.3. The third-order valence-corrected chi connectivity index (χ3v) is 6.58. The van der Waals surface area contributed by atoms with Crippen molar-refractivity contribution >= 4 is 0 Å². The van der Waals surface area contributed by atoms with E-state index in [0.717, 1.165) is 50.9 Å². The average molecular weight is 348 g/mol. The van der Waals surface area contributed by atoms with Crippen LogP contribution < -0.4 is 0 Å². The molecule has 0 spiro atoms. The monoisotopic (exact) mass is 347 g/mol. The minimum Gasteiger partial charge on any atom is -0.393 e. The molecule has 0 radical (unpaired) electrons. The van der Waals surface area contributed by atoms with Gasteiger partial charge in [-0.1, -0.05) is 12.8 Å². The van der Waals surface area contributed by atoms with Gasteiger partial charge in [0.25, 0.3) is 0 Å². The van der Waals surface area contributed by atoms with E-state index in [4.69, 9.17) is 0 Å². The molecule has 6 nitrogen and oxygen atoms in total. The van der Waals surface area contributed by atoms with Gasteiger partial charge in [-0.25, -0.2) is 0 Å².